The predicted molar refractivity (Wildman–Crippen MR) is 86.5 cm³/mol. The average molecular weight is 294 g/mol. The average Bonchev–Trinajstić information content (AvgIpc) is 3.17. The normalized spacial score (nSPS) is 16.0. The van der Waals surface area contributed by atoms with E-state index in [0.29, 0.717) is 11.6 Å². The minimum Gasteiger partial charge on any atom is -0.402 e. The molecule has 2 aromatic rings. The lowest BCUT2D eigenvalue weighted by Crippen LogP contribution is -2.05. The van der Waals surface area contributed by atoms with E-state index in [9.17, 15) is 4.79 Å². The molecule has 0 radical (unpaired) electrons. The van der Waals surface area contributed by atoms with Crippen molar-refractivity contribution in [2.75, 3.05) is 0 Å². The van der Waals surface area contributed by atoms with Crippen molar-refractivity contribution < 1.29 is 9.53 Å². The van der Waals surface area contributed by atoms with Gasteiger partial charge in [0.05, 0.1) is 0 Å². The molecule has 0 aliphatic carbocycles. The zero-order valence-corrected chi connectivity index (χ0v) is 12.5. The van der Waals surface area contributed by atoms with Gasteiger partial charge in [0, 0.05) is 17.5 Å². The third-order valence-corrected chi connectivity index (χ3v) is 3.55. The van der Waals surface area contributed by atoms with Crippen LogP contribution in [0.4, 0.5) is 0 Å². The number of unbranched alkanes of at least 4 members (excludes halogenated alkanes) is 1. The van der Waals surface area contributed by atoms with Crippen molar-refractivity contribution >= 4 is 17.9 Å². The lowest BCUT2D eigenvalue weighted by Gasteiger charge is -2.02. The fourth-order valence-corrected chi connectivity index (χ4v) is 2.31. The Balaban J connectivity index is 1.79. The minimum atomic E-state index is -0.417. The lowest BCUT2D eigenvalue weighted by molar-refractivity contribution is -0.129. The number of nitrogens with zero attached hydrogens (tertiary/aromatic N) is 1. The molecule has 1 aliphatic heterocycles. The van der Waals surface area contributed by atoms with Crippen LogP contribution < -0.4 is 0 Å². The van der Waals surface area contributed by atoms with Crippen molar-refractivity contribution in [3.63, 3.8) is 0 Å². The molecule has 1 aromatic carbocycles. The number of carbonyl (C=O) groups is 1. The molecule has 4 nitrogen and oxygen atoms in total. The van der Waals surface area contributed by atoms with Crippen LogP contribution in [-0.4, -0.2) is 16.9 Å². The smallest absolute Gasteiger partial charge is 0.363 e. The molecular formula is C18H18N2O2. The second kappa shape index (κ2) is 6.43. The first-order valence-corrected chi connectivity index (χ1v) is 7.51. The number of benzene rings is 1. The third-order valence-electron chi connectivity index (χ3n) is 3.55. The molecule has 2 heterocycles. The topological polar surface area (TPSA) is 54.5 Å². The van der Waals surface area contributed by atoms with Gasteiger partial charge in [0.1, 0.15) is 0 Å². The van der Waals surface area contributed by atoms with Crippen LogP contribution in [0.5, 0.6) is 0 Å². The van der Waals surface area contributed by atoms with Crippen LogP contribution in [0, 0.1) is 0 Å². The highest BCUT2D eigenvalue weighted by atomic mass is 16.6. The maximum Gasteiger partial charge on any atom is 0.363 e. The quantitative estimate of drug-likeness (QED) is 0.675. The summed E-state index contributed by atoms with van der Waals surface area (Å²) >= 11 is 0. The number of H-pyrrole nitrogens is 1. The summed E-state index contributed by atoms with van der Waals surface area (Å²) in [7, 11) is 0. The van der Waals surface area contributed by atoms with Crippen molar-refractivity contribution in [3.05, 3.63) is 65.1 Å². The number of esters is 1. The van der Waals surface area contributed by atoms with Gasteiger partial charge in [-0.05, 0) is 48.7 Å². The van der Waals surface area contributed by atoms with Gasteiger partial charge in [-0.3, -0.25) is 0 Å². The molecular weight excluding hydrogens is 276 g/mol. The maximum atomic E-state index is 11.9. The number of ether oxygens (including phenoxy) is 1. The number of aromatic amines is 1. The summed E-state index contributed by atoms with van der Waals surface area (Å²) < 4.78 is 5.26. The van der Waals surface area contributed by atoms with E-state index in [0.717, 1.165) is 17.7 Å². The Morgan fingerprint density at radius 3 is 2.73 bits per heavy atom. The first-order valence-electron chi connectivity index (χ1n) is 7.51. The summed E-state index contributed by atoms with van der Waals surface area (Å²) in [5, 5.41) is 0. The van der Waals surface area contributed by atoms with Gasteiger partial charge < -0.3 is 9.72 Å². The van der Waals surface area contributed by atoms with Gasteiger partial charge in [0.15, 0.2) is 5.70 Å². The first-order chi connectivity index (χ1) is 10.8. The van der Waals surface area contributed by atoms with Gasteiger partial charge in [0.25, 0.3) is 0 Å². The maximum absolute atomic E-state index is 11.9. The minimum absolute atomic E-state index is 0.313. The molecule has 0 amide bonds. The fraction of sp³-hybridized carbons (Fsp3) is 0.222. The highest BCUT2D eigenvalue weighted by Gasteiger charge is 2.24. The molecule has 4 heteroatoms. The first kappa shape index (κ1) is 14.3. The molecule has 0 unspecified atom stereocenters. The molecule has 112 valence electrons. The largest absolute Gasteiger partial charge is 0.402 e. The van der Waals surface area contributed by atoms with Crippen molar-refractivity contribution in [1.29, 1.82) is 0 Å². The van der Waals surface area contributed by atoms with Crippen LogP contribution in [0.2, 0.25) is 0 Å². The zero-order valence-electron chi connectivity index (χ0n) is 12.5. The number of hydrogen-bond acceptors (Lipinski definition) is 3. The molecule has 3 rings (SSSR count). The number of hydrogen-bond donors (Lipinski definition) is 1. The molecule has 0 spiro atoms. The molecule has 1 aromatic heterocycles. The summed E-state index contributed by atoms with van der Waals surface area (Å²) in [6.45, 7) is 2.18. The lowest BCUT2D eigenvalue weighted by atomic mass is 10.1. The second-order valence-electron chi connectivity index (χ2n) is 5.26. The van der Waals surface area contributed by atoms with Gasteiger partial charge in [-0.1, -0.05) is 25.5 Å². The van der Waals surface area contributed by atoms with E-state index in [1.165, 1.54) is 18.4 Å². The van der Waals surface area contributed by atoms with Crippen molar-refractivity contribution in [2.24, 2.45) is 4.99 Å². The Morgan fingerprint density at radius 2 is 2.05 bits per heavy atom. The Labute approximate surface area is 129 Å². The number of carbonyl (C=O) groups excluding carboxylic acids is 1. The highest BCUT2D eigenvalue weighted by molar-refractivity contribution is 6.12. The number of cyclic esters (lactones) is 1. The molecule has 0 bridgehead atoms. The highest BCUT2D eigenvalue weighted by Crippen LogP contribution is 2.19. The predicted octanol–water partition coefficient (Wildman–Crippen LogP) is 3.70. The Bertz CT molecular complexity index is 710. The molecule has 0 fully saturated rings. The van der Waals surface area contributed by atoms with Gasteiger partial charge in [-0.15, -0.1) is 0 Å². The van der Waals surface area contributed by atoms with E-state index >= 15 is 0 Å². The van der Waals surface area contributed by atoms with Gasteiger partial charge in [-0.25, -0.2) is 9.79 Å². The van der Waals surface area contributed by atoms with Gasteiger partial charge in [0.2, 0.25) is 5.90 Å². The zero-order chi connectivity index (χ0) is 15.4. The Kier molecular flexibility index (Phi) is 4.19. The number of aryl methyl sites for hydroxylation is 1. The number of nitrogens with one attached hydrogen (secondary N) is 1. The Morgan fingerprint density at radius 1 is 1.23 bits per heavy atom. The molecule has 1 N–H and O–H groups in total. The molecule has 0 atom stereocenters. The van der Waals surface area contributed by atoms with E-state index in [-0.39, 0.29) is 0 Å². The van der Waals surface area contributed by atoms with Crippen LogP contribution in [0.1, 0.15) is 36.6 Å². The number of rotatable bonds is 5. The molecule has 22 heavy (non-hydrogen) atoms. The monoisotopic (exact) mass is 294 g/mol. The summed E-state index contributed by atoms with van der Waals surface area (Å²) in [5.74, 6) is -0.0514. The summed E-state index contributed by atoms with van der Waals surface area (Å²) in [5.41, 5.74) is 3.25. The molecule has 1 aliphatic rings. The van der Waals surface area contributed by atoms with E-state index < -0.39 is 5.97 Å². The summed E-state index contributed by atoms with van der Waals surface area (Å²) in [4.78, 5) is 19.2. The van der Waals surface area contributed by atoms with E-state index in [1.807, 2.05) is 24.3 Å². The van der Waals surface area contributed by atoms with Gasteiger partial charge in [-0.2, -0.15) is 0 Å². The SMILES string of the molecule is CCCCc1ccc(C2=N/C(=C/c3ccc[nH]3)C(=O)O2)cc1. The van der Waals surface area contributed by atoms with Crippen LogP contribution in [0.3, 0.4) is 0 Å². The molecule has 0 saturated carbocycles. The van der Waals surface area contributed by atoms with Crippen molar-refractivity contribution in [1.82, 2.24) is 4.98 Å². The number of aromatic nitrogens is 1. The van der Waals surface area contributed by atoms with E-state index in [1.54, 1.807) is 12.3 Å². The van der Waals surface area contributed by atoms with Crippen LogP contribution >= 0.6 is 0 Å². The standard InChI is InChI=1S/C18H18N2O2/c1-2-3-5-13-7-9-14(10-8-13)17-20-16(18(21)22-17)12-15-6-4-11-19-15/h4,6-12,19H,2-3,5H2,1H3/b16-12+. The summed E-state index contributed by atoms with van der Waals surface area (Å²) in [6, 6.07) is 11.8. The van der Waals surface area contributed by atoms with Crippen LogP contribution in [0.25, 0.3) is 6.08 Å². The van der Waals surface area contributed by atoms with E-state index in [4.69, 9.17) is 4.74 Å². The fourth-order valence-electron chi connectivity index (χ4n) is 2.31. The Hall–Kier alpha value is -2.62. The summed E-state index contributed by atoms with van der Waals surface area (Å²) in [6.07, 6.45) is 6.91. The number of aliphatic imine (C=N–C) groups is 1. The van der Waals surface area contributed by atoms with E-state index in [2.05, 4.69) is 29.0 Å². The van der Waals surface area contributed by atoms with Crippen molar-refractivity contribution in [3.8, 4) is 0 Å². The van der Waals surface area contributed by atoms with Crippen LogP contribution in [0.15, 0.2) is 53.3 Å². The molecule has 0 saturated heterocycles. The van der Waals surface area contributed by atoms with Crippen LogP contribution in [-0.2, 0) is 16.0 Å². The van der Waals surface area contributed by atoms with Crippen molar-refractivity contribution in [2.45, 2.75) is 26.2 Å². The van der Waals surface area contributed by atoms with Gasteiger partial charge >= 0.3 is 5.97 Å². The third kappa shape index (κ3) is 3.17. The second-order valence-corrected chi connectivity index (χ2v) is 5.26.